The van der Waals surface area contributed by atoms with Crippen molar-refractivity contribution in [3.63, 3.8) is 0 Å². The Labute approximate surface area is 102 Å². The van der Waals surface area contributed by atoms with Crippen molar-refractivity contribution in [2.75, 3.05) is 6.54 Å². The summed E-state index contributed by atoms with van der Waals surface area (Å²) in [5, 5.41) is 7.14. The van der Waals surface area contributed by atoms with E-state index in [-0.39, 0.29) is 0 Å². The zero-order valence-electron chi connectivity index (χ0n) is 10.5. The molecule has 1 aliphatic rings. The van der Waals surface area contributed by atoms with Gasteiger partial charge in [0.15, 0.2) is 0 Å². The van der Waals surface area contributed by atoms with Crippen molar-refractivity contribution in [2.45, 2.75) is 52.5 Å². The molecule has 1 heterocycles. The molecule has 0 amide bonds. The third-order valence-electron chi connectivity index (χ3n) is 3.57. The summed E-state index contributed by atoms with van der Waals surface area (Å²) in [7, 11) is 0. The minimum atomic E-state index is 0.536. The Bertz CT molecular complexity index is 341. The van der Waals surface area contributed by atoms with Crippen LogP contribution in [0.25, 0.3) is 0 Å². The minimum Gasteiger partial charge on any atom is -0.313 e. The fourth-order valence-corrected chi connectivity index (χ4v) is 2.92. The molecule has 2 nitrogen and oxygen atoms in total. The highest BCUT2D eigenvalue weighted by molar-refractivity contribution is 7.09. The van der Waals surface area contributed by atoms with Crippen LogP contribution < -0.4 is 5.32 Å². The third kappa shape index (κ3) is 2.83. The summed E-state index contributed by atoms with van der Waals surface area (Å²) in [5.41, 5.74) is 1.70. The second-order valence-electron chi connectivity index (χ2n) is 5.25. The normalized spacial score (nSPS) is 19.7. The fraction of sp³-hybridized carbons (Fsp3) is 0.769. The lowest BCUT2D eigenvalue weighted by molar-refractivity contribution is 0.354. The average Bonchev–Trinajstić information content (AvgIpc) is 2.86. The van der Waals surface area contributed by atoms with E-state index in [1.54, 1.807) is 11.3 Å². The van der Waals surface area contributed by atoms with Crippen LogP contribution in [0.5, 0.6) is 0 Å². The maximum Gasteiger partial charge on any atom is 0.0943 e. The summed E-state index contributed by atoms with van der Waals surface area (Å²) >= 11 is 1.80. The Morgan fingerprint density at radius 1 is 1.56 bits per heavy atom. The van der Waals surface area contributed by atoms with Crippen LogP contribution in [0, 0.1) is 12.3 Å². The van der Waals surface area contributed by atoms with Crippen LogP contribution in [0.4, 0.5) is 0 Å². The molecule has 1 aliphatic carbocycles. The smallest absolute Gasteiger partial charge is 0.0943 e. The summed E-state index contributed by atoms with van der Waals surface area (Å²) in [6, 6.07) is 0.623. The number of nitrogens with one attached hydrogen (secondary N) is 1. The molecule has 0 aliphatic heterocycles. The highest BCUT2D eigenvalue weighted by Gasteiger charge is 2.44. The van der Waals surface area contributed by atoms with Crippen molar-refractivity contribution >= 4 is 11.3 Å². The first kappa shape index (κ1) is 12.1. The van der Waals surface area contributed by atoms with Gasteiger partial charge in [-0.2, -0.15) is 0 Å². The van der Waals surface area contributed by atoms with E-state index < -0.39 is 0 Å². The first-order chi connectivity index (χ1) is 7.64. The Morgan fingerprint density at radius 2 is 2.31 bits per heavy atom. The average molecular weight is 238 g/mol. The van der Waals surface area contributed by atoms with E-state index in [4.69, 9.17) is 0 Å². The molecule has 1 saturated carbocycles. The highest BCUT2D eigenvalue weighted by Crippen LogP contribution is 2.49. The van der Waals surface area contributed by atoms with Gasteiger partial charge in [-0.1, -0.05) is 13.8 Å². The molecule has 0 radical (unpaired) electrons. The van der Waals surface area contributed by atoms with Crippen molar-refractivity contribution in [1.29, 1.82) is 0 Å². The molecule has 0 spiro atoms. The van der Waals surface area contributed by atoms with Crippen molar-refractivity contribution in [2.24, 2.45) is 5.41 Å². The van der Waals surface area contributed by atoms with E-state index in [1.807, 2.05) is 0 Å². The quantitative estimate of drug-likeness (QED) is 0.823. The Morgan fingerprint density at radius 3 is 2.81 bits per heavy atom. The molecule has 16 heavy (non-hydrogen) atoms. The minimum absolute atomic E-state index is 0.536. The summed E-state index contributed by atoms with van der Waals surface area (Å²) in [6.07, 6.45) is 5.07. The lowest BCUT2D eigenvalue weighted by Gasteiger charge is -2.24. The van der Waals surface area contributed by atoms with Gasteiger partial charge in [-0.3, -0.25) is 0 Å². The molecule has 0 aromatic carbocycles. The van der Waals surface area contributed by atoms with Crippen LogP contribution in [-0.4, -0.2) is 17.6 Å². The standard InChI is InChI=1S/C13H22N2S/c1-4-7-14-11(13(3)5-6-13)8-12-15-10(2)9-16-12/h9,11,14H,4-8H2,1-3H3. The summed E-state index contributed by atoms with van der Waals surface area (Å²) in [6.45, 7) is 7.84. The second kappa shape index (κ2) is 4.84. The Balaban J connectivity index is 1.96. The van der Waals surface area contributed by atoms with Crippen LogP contribution in [-0.2, 0) is 6.42 Å². The van der Waals surface area contributed by atoms with Crippen LogP contribution in [0.15, 0.2) is 5.38 Å². The van der Waals surface area contributed by atoms with Crippen molar-refractivity contribution < 1.29 is 0 Å². The molecule has 0 saturated heterocycles. The van der Waals surface area contributed by atoms with E-state index in [1.165, 1.54) is 24.3 Å². The van der Waals surface area contributed by atoms with Crippen molar-refractivity contribution in [1.82, 2.24) is 10.3 Å². The zero-order chi connectivity index (χ0) is 11.6. The van der Waals surface area contributed by atoms with E-state index in [2.05, 4.69) is 36.5 Å². The second-order valence-corrected chi connectivity index (χ2v) is 6.19. The van der Waals surface area contributed by atoms with E-state index in [9.17, 15) is 0 Å². The van der Waals surface area contributed by atoms with Gasteiger partial charge in [-0.05, 0) is 38.1 Å². The number of nitrogens with zero attached hydrogens (tertiary/aromatic N) is 1. The third-order valence-corrected chi connectivity index (χ3v) is 4.55. The first-order valence-corrected chi connectivity index (χ1v) is 7.16. The summed E-state index contributed by atoms with van der Waals surface area (Å²) in [4.78, 5) is 4.58. The molecule has 2 rings (SSSR count). The molecule has 1 atom stereocenters. The number of aromatic nitrogens is 1. The van der Waals surface area contributed by atoms with Gasteiger partial charge in [-0.15, -0.1) is 11.3 Å². The predicted molar refractivity (Wildman–Crippen MR) is 70.0 cm³/mol. The monoisotopic (exact) mass is 238 g/mol. The molecular weight excluding hydrogens is 216 g/mol. The summed E-state index contributed by atoms with van der Waals surface area (Å²) < 4.78 is 0. The SMILES string of the molecule is CCCNC(Cc1nc(C)cs1)C1(C)CC1. The van der Waals surface area contributed by atoms with Crippen molar-refractivity contribution in [3.05, 3.63) is 16.1 Å². The number of hydrogen-bond acceptors (Lipinski definition) is 3. The molecular formula is C13H22N2S. The van der Waals surface area contributed by atoms with Gasteiger partial charge in [-0.25, -0.2) is 4.98 Å². The summed E-state index contributed by atoms with van der Waals surface area (Å²) in [5.74, 6) is 0. The topological polar surface area (TPSA) is 24.9 Å². The van der Waals surface area contributed by atoms with Crippen LogP contribution in [0.3, 0.4) is 0 Å². The molecule has 90 valence electrons. The van der Waals surface area contributed by atoms with Gasteiger partial charge >= 0.3 is 0 Å². The van der Waals surface area contributed by atoms with Gasteiger partial charge in [0.2, 0.25) is 0 Å². The molecule has 1 aromatic heterocycles. The highest BCUT2D eigenvalue weighted by atomic mass is 32.1. The number of hydrogen-bond donors (Lipinski definition) is 1. The van der Waals surface area contributed by atoms with Crippen LogP contribution >= 0.6 is 11.3 Å². The number of aryl methyl sites for hydroxylation is 1. The fourth-order valence-electron chi connectivity index (χ4n) is 2.10. The van der Waals surface area contributed by atoms with Gasteiger partial charge in [0, 0.05) is 23.5 Å². The number of thiazole rings is 1. The molecule has 1 unspecified atom stereocenters. The predicted octanol–water partition coefficient (Wildman–Crippen LogP) is 3.16. The van der Waals surface area contributed by atoms with Gasteiger partial charge in [0.1, 0.15) is 0 Å². The zero-order valence-corrected chi connectivity index (χ0v) is 11.4. The van der Waals surface area contributed by atoms with Gasteiger partial charge in [0.05, 0.1) is 5.01 Å². The maximum absolute atomic E-state index is 4.58. The van der Waals surface area contributed by atoms with Gasteiger partial charge in [0.25, 0.3) is 0 Å². The lowest BCUT2D eigenvalue weighted by atomic mass is 9.96. The van der Waals surface area contributed by atoms with Crippen LogP contribution in [0.2, 0.25) is 0 Å². The molecule has 1 aromatic rings. The molecule has 1 fully saturated rings. The molecule has 0 bridgehead atoms. The largest absolute Gasteiger partial charge is 0.313 e. The van der Waals surface area contributed by atoms with E-state index in [0.29, 0.717) is 11.5 Å². The first-order valence-electron chi connectivity index (χ1n) is 6.28. The van der Waals surface area contributed by atoms with E-state index in [0.717, 1.165) is 18.7 Å². The van der Waals surface area contributed by atoms with E-state index >= 15 is 0 Å². The maximum atomic E-state index is 4.58. The van der Waals surface area contributed by atoms with Crippen molar-refractivity contribution in [3.8, 4) is 0 Å². The number of rotatable bonds is 6. The lowest BCUT2D eigenvalue weighted by Crippen LogP contribution is -2.38. The Hall–Kier alpha value is -0.410. The molecule has 3 heteroatoms. The van der Waals surface area contributed by atoms with Crippen LogP contribution in [0.1, 0.15) is 43.8 Å². The molecule has 1 N–H and O–H groups in total. The van der Waals surface area contributed by atoms with Gasteiger partial charge < -0.3 is 5.32 Å². The Kier molecular flexibility index (Phi) is 3.65.